The number of tetrazole rings is 2. The minimum Gasteiger partial charge on any atom is -0.244 e. The zero-order valence-corrected chi connectivity index (χ0v) is 11.8. The van der Waals surface area contributed by atoms with E-state index in [-0.39, 0.29) is 11.4 Å². The van der Waals surface area contributed by atoms with Crippen molar-refractivity contribution in [3.63, 3.8) is 0 Å². The van der Waals surface area contributed by atoms with Gasteiger partial charge in [-0.25, -0.2) is 9.59 Å². The van der Waals surface area contributed by atoms with Crippen molar-refractivity contribution in [1.82, 2.24) is 39.6 Å². The zero-order chi connectivity index (χ0) is 15.2. The summed E-state index contributed by atoms with van der Waals surface area (Å²) in [6.45, 7) is 4.26. The standard InChI is InChI=1S/C11H16N8O2/c1-3-6-16-10(20)18(14-12-16)8-5-9-19-11(21)17(7-4-2)13-15-19/h3-4,6-7H,5,8-9H2,1-2H3/b6-3-,7-4-. The summed E-state index contributed by atoms with van der Waals surface area (Å²) in [6, 6.07) is 0. The fourth-order valence-electron chi connectivity index (χ4n) is 1.69. The van der Waals surface area contributed by atoms with Gasteiger partial charge in [0.2, 0.25) is 0 Å². The van der Waals surface area contributed by atoms with Crippen molar-refractivity contribution < 1.29 is 0 Å². The lowest BCUT2D eigenvalue weighted by Gasteiger charge is -1.98. The molecule has 0 N–H and O–H groups in total. The maximum atomic E-state index is 11.8. The van der Waals surface area contributed by atoms with Gasteiger partial charge in [0.1, 0.15) is 0 Å². The minimum atomic E-state index is -0.321. The van der Waals surface area contributed by atoms with Crippen LogP contribution in [0.15, 0.2) is 21.7 Å². The Morgan fingerprint density at radius 3 is 1.62 bits per heavy atom. The van der Waals surface area contributed by atoms with E-state index in [4.69, 9.17) is 0 Å². The molecule has 0 radical (unpaired) electrons. The van der Waals surface area contributed by atoms with Crippen LogP contribution in [0.1, 0.15) is 20.3 Å². The molecule has 2 aromatic heterocycles. The molecule has 2 aromatic rings. The summed E-state index contributed by atoms with van der Waals surface area (Å²) >= 11 is 0. The first-order chi connectivity index (χ1) is 10.2. The third kappa shape index (κ3) is 3.22. The van der Waals surface area contributed by atoms with Crippen molar-refractivity contribution in [1.29, 1.82) is 0 Å². The summed E-state index contributed by atoms with van der Waals surface area (Å²) in [5.74, 6) is 0. The Balaban J connectivity index is 1.99. The van der Waals surface area contributed by atoms with Crippen molar-refractivity contribution in [2.45, 2.75) is 33.4 Å². The summed E-state index contributed by atoms with van der Waals surface area (Å²) in [6.07, 6.45) is 6.96. The molecule has 2 heterocycles. The number of aromatic nitrogens is 8. The van der Waals surface area contributed by atoms with Gasteiger partial charge >= 0.3 is 11.4 Å². The smallest absolute Gasteiger partial charge is 0.244 e. The van der Waals surface area contributed by atoms with Gasteiger partial charge in [-0.15, -0.1) is 0 Å². The highest BCUT2D eigenvalue weighted by Crippen LogP contribution is 1.88. The minimum absolute atomic E-state index is 0.321. The Kier molecular flexibility index (Phi) is 4.59. The molecular formula is C11H16N8O2. The van der Waals surface area contributed by atoms with Gasteiger partial charge in [0.05, 0.1) is 13.1 Å². The van der Waals surface area contributed by atoms with Crippen LogP contribution in [0.2, 0.25) is 0 Å². The number of allylic oxidation sites excluding steroid dienone is 2. The zero-order valence-electron chi connectivity index (χ0n) is 11.8. The second-order valence-corrected chi connectivity index (χ2v) is 4.18. The molecule has 10 nitrogen and oxygen atoms in total. The SMILES string of the molecule is C/C=C\n1nnn(CCCn2nnn(/C=C\C)c2=O)c1=O. The fourth-order valence-corrected chi connectivity index (χ4v) is 1.69. The molecule has 21 heavy (non-hydrogen) atoms. The third-order valence-electron chi connectivity index (χ3n) is 2.64. The van der Waals surface area contributed by atoms with Gasteiger partial charge in [-0.3, -0.25) is 0 Å². The fraction of sp³-hybridized carbons (Fsp3) is 0.455. The van der Waals surface area contributed by atoms with Crippen LogP contribution in [-0.4, -0.2) is 39.6 Å². The lowest BCUT2D eigenvalue weighted by Crippen LogP contribution is -2.26. The van der Waals surface area contributed by atoms with Crippen molar-refractivity contribution >= 4 is 12.4 Å². The molecule has 10 heteroatoms. The van der Waals surface area contributed by atoms with E-state index in [1.807, 2.05) is 0 Å². The van der Waals surface area contributed by atoms with Gasteiger partial charge < -0.3 is 0 Å². The summed E-state index contributed by atoms with van der Waals surface area (Å²) in [5.41, 5.74) is -0.643. The molecule has 0 spiro atoms. The largest absolute Gasteiger partial charge is 0.367 e. The van der Waals surface area contributed by atoms with Crippen LogP contribution in [0.25, 0.3) is 12.4 Å². The van der Waals surface area contributed by atoms with Gasteiger partial charge in [0, 0.05) is 12.4 Å². The summed E-state index contributed by atoms with van der Waals surface area (Å²) in [5, 5.41) is 14.9. The van der Waals surface area contributed by atoms with E-state index in [0.29, 0.717) is 19.5 Å². The van der Waals surface area contributed by atoms with Crippen LogP contribution >= 0.6 is 0 Å². The molecule has 0 aliphatic carbocycles. The van der Waals surface area contributed by atoms with Crippen LogP contribution in [-0.2, 0) is 13.1 Å². The van der Waals surface area contributed by atoms with Gasteiger partial charge in [0.15, 0.2) is 0 Å². The molecule has 0 saturated carbocycles. The van der Waals surface area contributed by atoms with Gasteiger partial charge in [-0.2, -0.15) is 18.7 Å². The van der Waals surface area contributed by atoms with Crippen molar-refractivity contribution in [3.8, 4) is 0 Å². The van der Waals surface area contributed by atoms with Crippen LogP contribution in [0.3, 0.4) is 0 Å². The molecule has 0 aromatic carbocycles. The van der Waals surface area contributed by atoms with E-state index in [2.05, 4.69) is 20.9 Å². The topological polar surface area (TPSA) is 105 Å². The summed E-state index contributed by atoms with van der Waals surface area (Å²) in [4.78, 5) is 23.6. The Hall–Kier alpha value is -2.78. The average molecular weight is 292 g/mol. The van der Waals surface area contributed by atoms with Gasteiger partial charge in [-0.05, 0) is 41.1 Å². The molecule has 2 rings (SSSR count). The summed E-state index contributed by atoms with van der Waals surface area (Å²) in [7, 11) is 0. The van der Waals surface area contributed by atoms with Gasteiger partial charge in [0.25, 0.3) is 0 Å². The first kappa shape index (κ1) is 14.6. The number of nitrogens with zero attached hydrogens (tertiary/aromatic N) is 8. The molecule has 0 atom stereocenters. The molecule has 0 fully saturated rings. The first-order valence-electron chi connectivity index (χ1n) is 6.47. The lowest BCUT2D eigenvalue weighted by atomic mass is 10.4. The van der Waals surface area contributed by atoms with E-state index in [0.717, 1.165) is 9.36 Å². The van der Waals surface area contributed by atoms with Gasteiger partial charge in [-0.1, -0.05) is 12.2 Å². The van der Waals surface area contributed by atoms with Crippen LogP contribution in [0.4, 0.5) is 0 Å². The van der Waals surface area contributed by atoms with E-state index in [1.165, 1.54) is 21.8 Å². The molecular weight excluding hydrogens is 276 g/mol. The lowest BCUT2D eigenvalue weighted by molar-refractivity contribution is 0.471. The van der Waals surface area contributed by atoms with Crippen LogP contribution in [0.5, 0.6) is 0 Å². The molecule has 0 unspecified atom stereocenters. The second kappa shape index (κ2) is 6.59. The number of hydrogen-bond acceptors (Lipinski definition) is 6. The maximum Gasteiger partial charge on any atom is 0.367 e. The molecule has 112 valence electrons. The van der Waals surface area contributed by atoms with Crippen LogP contribution < -0.4 is 11.4 Å². The van der Waals surface area contributed by atoms with E-state index < -0.39 is 0 Å². The maximum absolute atomic E-state index is 11.8. The highest BCUT2D eigenvalue weighted by atomic mass is 16.2. The molecule has 0 aliphatic heterocycles. The van der Waals surface area contributed by atoms with Crippen LogP contribution in [0, 0.1) is 0 Å². The predicted molar refractivity (Wildman–Crippen MR) is 75.2 cm³/mol. The Morgan fingerprint density at radius 1 is 0.810 bits per heavy atom. The van der Waals surface area contributed by atoms with E-state index >= 15 is 0 Å². The number of hydrogen-bond donors (Lipinski definition) is 0. The normalized spacial score (nSPS) is 11.9. The average Bonchev–Trinajstić information content (AvgIpc) is 2.99. The third-order valence-corrected chi connectivity index (χ3v) is 2.64. The molecule has 0 saturated heterocycles. The van der Waals surface area contributed by atoms with E-state index in [9.17, 15) is 9.59 Å². The van der Waals surface area contributed by atoms with Crippen molar-refractivity contribution in [3.05, 3.63) is 33.1 Å². The van der Waals surface area contributed by atoms with Crippen molar-refractivity contribution in [2.24, 2.45) is 0 Å². The molecule has 0 aliphatic rings. The molecule has 0 bridgehead atoms. The first-order valence-corrected chi connectivity index (χ1v) is 6.47. The van der Waals surface area contributed by atoms with Crippen molar-refractivity contribution in [2.75, 3.05) is 0 Å². The second-order valence-electron chi connectivity index (χ2n) is 4.18. The Bertz CT molecular complexity index is 696. The Morgan fingerprint density at radius 2 is 1.24 bits per heavy atom. The summed E-state index contributed by atoms with van der Waals surface area (Å²) < 4.78 is 4.77. The number of rotatable bonds is 6. The molecule has 0 amide bonds. The highest BCUT2D eigenvalue weighted by molar-refractivity contribution is 5.16. The highest BCUT2D eigenvalue weighted by Gasteiger charge is 2.07. The van der Waals surface area contributed by atoms with E-state index in [1.54, 1.807) is 26.0 Å². The quantitative estimate of drug-likeness (QED) is 0.694. The monoisotopic (exact) mass is 292 g/mol. The number of aryl methyl sites for hydroxylation is 2. The predicted octanol–water partition coefficient (Wildman–Crippen LogP) is -0.735. The Labute approximate surface area is 119 Å².